The number of nitrogens with two attached hydrogens (primary N) is 1. The van der Waals surface area contributed by atoms with E-state index >= 15 is 0 Å². The van der Waals surface area contributed by atoms with E-state index in [-0.39, 0.29) is 0 Å². The van der Waals surface area contributed by atoms with Crippen molar-refractivity contribution in [3.05, 3.63) is 34.9 Å². The monoisotopic (exact) mass is 220 g/mol. The van der Waals surface area contributed by atoms with Crippen LogP contribution in [-0.4, -0.2) is 25.5 Å². The maximum absolute atomic E-state index is 5.80. The molecule has 2 nitrogen and oxygen atoms in total. The largest absolute Gasteiger partial charge is 0.330 e. The lowest BCUT2D eigenvalue weighted by molar-refractivity contribution is 0.227. The summed E-state index contributed by atoms with van der Waals surface area (Å²) in [7, 11) is 4.24. The Balaban J connectivity index is 3.11. The molecular formula is C14H24N2. The second-order valence-corrected chi connectivity index (χ2v) is 4.98. The Morgan fingerprint density at radius 3 is 2.31 bits per heavy atom. The molecule has 16 heavy (non-hydrogen) atoms. The molecule has 2 atom stereocenters. The van der Waals surface area contributed by atoms with Crippen LogP contribution in [0.2, 0.25) is 0 Å². The molecule has 90 valence electrons. The molecule has 0 saturated heterocycles. The normalized spacial score (nSPS) is 15.2. The first kappa shape index (κ1) is 13.2. The molecule has 0 aliphatic heterocycles. The molecule has 0 amide bonds. The van der Waals surface area contributed by atoms with E-state index in [1.54, 1.807) is 0 Å². The molecule has 2 N–H and O–H groups in total. The molecule has 2 unspecified atom stereocenters. The lowest BCUT2D eigenvalue weighted by atomic mass is 9.90. The van der Waals surface area contributed by atoms with Crippen LogP contribution in [0.15, 0.2) is 18.2 Å². The predicted octanol–water partition coefficient (Wildman–Crippen LogP) is 2.50. The zero-order valence-electron chi connectivity index (χ0n) is 11.1. The molecule has 0 fully saturated rings. The lowest BCUT2D eigenvalue weighted by Gasteiger charge is -2.31. The van der Waals surface area contributed by atoms with Gasteiger partial charge in [-0.15, -0.1) is 0 Å². The van der Waals surface area contributed by atoms with E-state index < -0.39 is 0 Å². The van der Waals surface area contributed by atoms with E-state index in [2.05, 4.69) is 58.0 Å². The van der Waals surface area contributed by atoms with Gasteiger partial charge in [0.05, 0.1) is 0 Å². The summed E-state index contributed by atoms with van der Waals surface area (Å²) < 4.78 is 0. The first-order valence-electron chi connectivity index (χ1n) is 5.91. The third kappa shape index (κ3) is 2.83. The smallest absolute Gasteiger partial charge is 0.0382 e. The summed E-state index contributed by atoms with van der Waals surface area (Å²) in [6, 6.07) is 7.07. The van der Waals surface area contributed by atoms with Gasteiger partial charge in [0.1, 0.15) is 0 Å². The molecule has 0 aliphatic rings. The quantitative estimate of drug-likeness (QED) is 0.844. The summed E-state index contributed by atoms with van der Waals surface area (Å²) in [6.45, 7) is 7.25. The minimum absolute atomic E-state index is 0.408. The van der Waals surface area contributed by atoms with Crippen LogP contribution in [0.25, 0.3) is 0 Å². The molecule has 0 bridgehead atoms. The number of benzene rings is 1. The highest BCUT2D eigenvalue weighted by Gasteiger charge is 2.21. The number of rotatable bonds is 4. The lowest BCUT2D eigenvalue weighted by Crippen LogP contribution is -2.30. The SMILES string of the molecule is Cc1ccc(C(C(C)CN)N(C)C)c(C)c1. The van der Waals surface area contributed by atoms with Crippen LogP contribution in [0, 0.1) is 19.8 Å². The molecule has 1 aromatic rings. The second-order valence-electron chi connectivity index (χ2n) is 4.98. The van der Waals surface area contributed by atoms with Crippen molar-refractivity contribution in [2.75, 3.05) is 20.6 Å². The molecule has 1 rings (SSSR count). The highest BCUT2D eigenvalue weighted by Crippen LogP contribution is 2.29. The Labute approximate surface area is 99.5 Å². The van der Waals surface area contributed by atoms with E-state index in [9.17, 15) is 0 Å². The maximum atomic E-state index is 5.80. The van der Waals surface area contributed by atoms with Crippen molar-refractivity contribution < 1.29 is 0 Å². The van der Waals surface area contributed by atoms with E-state index in [0.29, 0.717) is 12.0 Å². The Morgan fingerprint density at radius 1 is 1.25 bits per heavy atom. The van der Waals surface area contributed by atoms with Crippen molar-refractivity contribution in [1.29, 1.82) is 0 Å². The molecule has 2 heteroatoms. The van der Waals surface area contributed by atoms with Crippen molar-refractivity contribution in [2.45, 2.75) is 26.8 Å². The third-order valence-electron chi connectivity index (χ3n) is 3.21. The highest BCUT2D eigenvalue weighted by molar-refractivity contribution is 5.33. The van der Waals surface area contributed by atoms with Gasteiger partial charge in [0, 0.05) is 6.04 Å². The average molecular weight is 220 g/mol. The van der Waals surface area contributed by atoms with Gasteiger partial charge in [0.25, 0.3) is 0 Å². The highest BCUT2D eigenvalue weighted by atomic mass is 15.1. The molecule has 0 aromatic heterocycles. The van der Waals surface area contributed by atoms with E-state index in [4.69, 9.17) is 5.73 Å². The zero-order valence-corrected chi connectivity index (χ0v) is 11.1. The van der Waals surface area contributed by atoms with Crippen LogP contribution in [0.3, 0.4) is 0 Å². The third-order valence-corrected chi connectivity index (χ3v) is 3.21. The van der Waals surface area contributed by atoms with Crippen LogP contribution in [0.4, 0.5) is 0 Å². The van der Waals surface area contributed by atoms with Gasteiger partial charge in [0.2, 0.25) is 0 Å². The topological polar surface area (TPSA) is 29.3 Å². The first-order valence-corrected chi connectivity index (χ1v) is 5.91. The Bertz CT molecular complexity index is 345. The van der Waals surface area contributed by atoms with Crippen molar-refractivity contribution in [3.8, 4) is 0 Å². The van der Waals surface area contributed by atoms with Crippen molar-refractivity contribution in [2.24, 2.45) is 11.7 Å². The van der Waals surface area contributed by atoms with E-state index in [0.717, 1.165) is 6.54 Å². The fraction of sp³-hybridized carbons (Fsp3) is 0.571. The molecule has 0 saturated carbocycles. The molecule has 0 radical (unpaired) electrons. The zero-order chi connectivity index (χ0) is 12.3. The van der Waals surface area contributed by atoms with Crippen molar-refractivity contribution in [3.63, 3.8) is 0 Å². The molecule has 1 aromatic carbocycles. The molecular weight excluding hydrogens is 196 g/mol. The summed E-state index contributed by atoms with van der Waals surface area (Å²) >= 11 is 0. The summed E-state index contributed by atoms with van der Waals surface area (Å²) in [6.07, 6.45) is 0. The predicted molar refractivity (Wildman–Crippen MR) is 70.6 cm³/mol. The Hall–Kier alpha value is -0.860. The summed E-state index contributed by atoms with van der Waals surface area (Å²) in [5.41, 5.74) is 9.88. The van der Waals surface area contributed by atoms with Crippen molar-refractivity contribution in [1.82, 2.24) is 4.90 Å². The van der Waals surface area contributed by atoms with Gasteiger partial charge in [0.15, 0.2) is 0 Å². The van der Waals surface area contributed by atoms with Gasteiger partial charge in [-0.05, 0) is 51.5 Å². The van der Waals surface area contributed by atoms with Crippen LogP contribution in [0.5, 0.6) is 0 Å². The number of hydrogen-bond donors (Lipinski definition) is 1. The molecule has 0 spiro atoms. The Kier molecular flexibility index (Phi) is 4.51. The van der Waals surface area contributed by atoms with Crippen molar-refractivity contribution >= 4 is 0 Å². The summed E-state index contributed by atoms with van der Waals surface area (Å²) in [5, 5.41) is 0. The molecule has 0 aliphatic carbocycles. The molecule has 0 heterocycles. The standard InChI is InChI=1S/C14H24N2/c1-10-6-7-13(11(2)8-10)14(16(4)5)12(3)9-15/h6-8,12,14H,9,15H2,1-5H3. The van der Waals surface area contributed by atoms with Gasteiger partial charge in [-0.25, -0.2) is 0 Å². The van der Waals surface area contributed by atoms with Gasteiger partial charge >= 0.3 is 0 Å². The van der Waals surface area contributed by atoms with Gasteiger partial charge < -0.3 is 10.6 Å². The van der Waals surface area contributed by atoms with Gasteiger partial charge in [-0.2, -0.15) is 0 Å². The average Bonchev–Trinajstić information content (AvgIpc) is 2.21. The van der Waals surface area contributed by atoms with Crippen LogP contribution >= 0.6 is 0 Å². The van der Waals surface area contributed by atoms with Gasteiger partial charge in [-0.3, -0.25) is 0 Å². The fourth-order valence-corrected chi connectivity index (χ4v) is 2.38. The number of nitrogens with zero attached hydrogens (tertiary/aromatic N) is 1. The summed E-state index contributed by atoms with van der Waals surface area (Å²) in [5.74, 6) is 0.469. The minimum atomic E-state index is 0.408. The van der Waals surface area contributed by atoms with Gasteiger partial charge in [-0.1, -0.05) is 30.7 Å². The fourth-order valence-electron chi connectivity index (χ4n) is 2.38. The first-order chi connectivity index (χ1) is 7.47. The maximum Gasteiger partial charge on any atom is 0.0382 e. The van der Waals surface area contributed by atoms with Crippen LogP contribution < -0.4 is 5.73 Å². The second kappa shape index (κ2) is 5.46. The minimum Gasteiger partial charge on any atom is -0.330 e. The van der Waals surface area contributed by atoms with Crippen LogP contribution in [-0.2, 0) is 0 Å². The number of aryl methyl sites for hydroxylation is 2. The van der Waals surface area contributed by atoms with E-state index in [1.807, 2.05) is 0 Å². The summed E-state index contributed by atoms with van der Waals surface area (Å²) in [4.78, 5) is 2.26. The number of hydrogen-bond acceptors (Lipinski definition) is 2. The Morgan fingerprint density at radius 2 is 1.88 bits per heavy atom. The van der Waals surface area contributed by atoms with E-state index in [1.165, 1.54) is 16.7 Å². The van der Waals surface area contributed by atoms with Crippen LogP contribution in [0.1, 0.15) is 29.7 Å².